The second-order valence-electron chi connectivity index (χ2n) is 7.83. The molecule has 2 aromatic heterocycles. The fourth-order valence-electron chi connectivity index (χ4n) is 2.89. The van der Waals surface area contributed by atoms with Gasteiger partial charge in [-0.05, 0) is 18.4 Å². The molecule has 3 heterocycles. The van der Waals surface area contributed by atoms with Gasteiger partial charge in [0.15, 0.2) is 5.82 Å². The molecule has 0 spiro atoms. The average Bonchev–Trinajstić information content (AvgIpc) is 2.98. The molecule has 0 radical (unpaired) electrons. The highest BCUT2D eigenvalue weighted by molar-refractivity contribution is 5.88. The molecule has 0 saturated carbocycles. The molecule has 1 aliphatic heterocycles. The quantitative estimate of drug-likeness (QED) is 0.891. The first-order chi connectivity index (χ1) is 12.9. The van der Waals surface area contributed by atoms with Crippen LogP contribution in [0.25, 0.3) is 0 Å². The van der Waals surface area contributed by atoms with Gasteiger partial charge in [-0.2, -0.15) is 0 Å². The summed E-state index contributed by atoms with van der Waals surface area (Å²) in [6, 6.07) is 1.62. The Labute approximate surface area is 159 Å². The molecular formula is C19H28N6O2. The summed E-state index contributed by atoms with van der Waals surface area (Å²) in [5.41, 5.74) is 0.976. The Hall–Kier alpha value is -2.64. The predicted octanol–water partition coefficient (Wildman–Crippen LogP) is 3.07. The molecule has 0 aromatic carbocycles. The number of carbonyl (C=O) groups is 1. The van der Waals surface area contributed by atoms with Crippen molar-refractivity contribution in [1.29, 1.82) is 0 Å². The number of amides is 2. The van der Waals surface area contributed by atoms with E-state index in [0.29, 0.717) is 25.5 Å². The van der Waals surface area contributed by atoms with Crippen LogP contribution in [0.4, 0.5) is 16.6 Å². The molecule has 3 rings (SSSR count). The molecule has 0 unspecified atom stereocenters. The van der Waals surface area contributed by atoms with E-state index in [0.717, 1.165) is 36.7 Å². The minimum atomic E-state index is -0.159. The van der Waals surface area contributed by atoms with Crippen molar-refractivity contribution in [3.63, 3.8) is 0 Å². The van der Waals surface area contributed by atoms with Crippen molar-refractivity contribution in [2.24, 2.45) is 0 Å². The number of urea groups is 1. The summed E-state index contributed by atoms with van der Waals surface area (Å²) in [7, 11) is 0. The summed E-state index contributed by atoms with van der Waals surface area (Å²) in [4.78, 5) is 25.4. The van der Waals surface area contributed by atoms with Gasteiger partial charge in [0.2, 0.25) is 5.95 Å². The minimum absolute atomic E-state index is 0.146. The van der Waals surface area contributed by atoms with Crippen LogP contribution in [0.5, 0.6) is 0 Å². The van der Waals surface area contributed by atoms with Crippen LogP contribution in [0.2, 0.25) is 0 Å². The van der Waals surface area contributed by atoms with Crippen molar-refractivity contribution in [2.75, 3.05) is 36.4 Å². The monoisotopic (exact) mass is 372 g/mol. The highest BCUT2D eigenvalue weighted by Gasteiger charge is 2.23. The normalized spacial score (nSPS) is 15.6. The van der Waals surface area contributed by atoms with Gasteiger partial charge in [0, 0.05) is 50.1 Å². The lowest BCUT2D eigenvalue weighted by molar-refractivity contribution is 0.215. The highest BCUT2D eigenvalue weighted by atomic mass is 16.5. The van der Waals surface area contributed by atoms with Gasteiger partial charge in [-0.1, -0.05) is 32.9 Å². The van der Waals surface area contributed by atoms with Gasteiger partial charge in [0.25, 0.3) is 0 Å². The maximum Gasteiger partial charge on any atom is 0.323 e. The van der Waals surface area contributed by atoms with Crippen molar-refractivity contribution in [2.45, 2.75) is 46.0 Å². The third kappa shape index (κ3) is 4.75. The summed E-state index contributed by atoms with van der Waals surface area (Å²) >= 11 is 0. The third-order valence-corrected chi connectivity index (χ3v) is 4.65. The van der Waals surface area contributed by atoms with E-state index in [2.05, 4.69) is 32.3 Å². The van der Waals surface area contributed by atoms with Crippen molar-refractivity contribution in [3.8, 4) is 0 Å². The Morgan fingerprint density at radius 1 is 1.19 bits per heavy atom. The van der Waals surface area contributed by atoms with Gasteiger partial charge >= 0.3 is 6.03 Å². The van der Waals surface area contributed by atoms with E-state index < -0.39 is 0 Å². The SMILES string of the molecule is CCc1cnc(N2CCCN(C(=O)Nc3cc(C(C)(C)C)on3)CC2)nc1. The van der Waals surface area contributed by atoms with Crippen LogP contribution < -0.4 is 10.2 Å². The molecule has 0 bridgehead atoms. The van der Waals surface area contributed by atoms with E-state index in [9.17, 15) is 4.79 Å². The lowest BCUT2D eigenvalue weighted by atomic mass is 9.93. The first-order valence-electron chi connectivity index (χ1n) is 9.46. The predicted molar refractivity (Wildman–Crippen MR) is 104 cm³/mol. The number of carbonyl (C=O) groups excluding carboxylic acids is 1. The molecule has 0 aliphatic carbocycles. The molecule has 1 fully saturated rings. The highest BCUT2D eigenvalue weighted by Crippen LogP contribution is 2.24. The standard InChI is InChI=1S/C19H28N6O2/c1-5-14-12-20-17(21-13-14)24-7-6-8-25(10-9-24)18(26)22-16-11-15(27-23-16)19(2,3)4/h11-13H,5-10H2,1-4H3,(H,22,23,26). The van der Waals surface area contributed by atoms with Gasteiger partial charge in [-0.15, -0.1) is 0 Å². The summed E-state index contributed by atoms with van der Waals surface area (Å²) in [5, 5.41) is 6.79. The third-order valence-electron chi connectivity index (χ3n) is 4.65. The van der Waals surface area contributed by atoms with E-state index in [1.54, 1.807) is 11.0 Å². The van der Waals surface area contributed by atoms with Crippen molar-refractivity contribution < 1.29 is 9.32 Å². The largest absolute Gasteiger partial charge is 0.359 e. The van der Waals surface area contributed by atoms with E-state index in [4.69, 9.17) is 4.52 Å². The Morgan fingerprint density at radius 2 is 1.93 bits per heavy atom. The van der Waals surface area contributed by atoms with Crippen LogP contribution >= 0.6 is 0 Å². The smallest absolute Gasteiger partial charge is 0.323 e. The van der Waals surface area contributed by atoms with Crippen molar-refractivity contribution in [1.82, 2.24) is 20.0 Å². The zero-order valence-electron chi connectivity index (χ0n) is 16.5. The number of hydrogen-bond acceptors (Lipinski definition) is 6. The minimum Gasteiger partial charge on any atom is -0.359 e. The number of aryl methyl sites for hydroxylation is 1. The zero-order valence-corrected chi connectivity index (χ0v) is 16.5. The molecule has 146 valence electrons. The molecule has 2 aromatic rings. The van der Waals surface area contributed by atoms with Gasteiger partial charge < -0.3 is 14.3 Å². The Bertz CT molecular complexity index is 765. The van der Waals surface area contributed by atoms with E-state index in [-0.39, 0.29) is 11.4 Å². The van der Waals surface area contributed by atoms with Gasteiger partial charge in [-0.25, -0.2) is 14.8 Å². The first kappa shape index (κ1) is 19.1. The molecule has 27 heavy (non-hydrogen) atoms. The van der Waals surface area contributed by atoms with Crippen LogP contribution in [0.1, 0.15) is 45.4 Å². The molecule has 8 heteroatoms. The molecule has 0 atom stereocenters. The molecule has 2 amide bonds. The van der Waals surface area contributed by atoms with Crippen LogP contribution in [-0.4, -0.2) is 52.2 Å². The summed E-state index contributed by atoms with van der Waals surface area (Å²) in [6.45, 7) is 11.0. The average molecular weight is 372 g/mol. The molecular weight excluding hydrogens is 344 g/mol. The summed E-state index contributed by atoms with van der Waals surface area (Å²) in [6.07, 6.45) is 5.52. The molecule has 1 N–H and O–H groups in total. The maximum atomic E-state index is 12.6. The summed E-state index contributed by atoms with van der Waals surface area (Å²) < 4.78 is 5.33. The van der Waals surface area contributed by atoms with E-state index in [1.165, 1.54) is 0 Å². The topological polar surface area (TPSA) is 87.4 Å². The zero-order chi connectivity index (χ0) is 19.4. The number of aromatic nitrogens is 3. The molecule has 8 nitrogen and oxygen atoms in total. The number of anilines is 2. The number of nitrogens with one attached hydrogen (secondary N) is 1. The number of nitrogens with zero attached hydrogens (tertiary/aromatic N) is 5. The van der Waals surface area contributed by atoms with E-state index >= 15 is 0 Å². The molecule has 1 aliphatic rings. The second kappa shape index (κ2) is 7.94. The summed E-state index contributed by atoms with van der Waals surface area (Å²) in [5.74, 6) is 1.91. The Kier molecular flexibility index (Phi) is 5.62. The first-order valence-corrected chi connectivity index (χ1v) is 9.46. The Morgan fingerprint density at radius 3 is 2.56 bits per heavy atom. The number of rotatable bonds is 3. The van der Waals surface area contributed by atoms with Crippen molar-refractivity contribution >= 4 is 17.8 Å². The van der Waals surface area contributed by atoms with E-state index in [1.807, 2.05) is 33.2 Å². The fraction of sp³-hybridized carbons (Fsp3) is 0.579. The van der Waals surface area contributed by atoms with Gasteiger partial charge in [-0.3, -0.25) is 5.32 Å². The van der Waals surface area contributed by atoms with Crippen LogP contribution in [0.3, 0.4) is 0 Å². The lowest BCUT2D eigenvalue weighted by Crippen LogP contribution is -2.38. The van der Waals surface area contributed by atoms with Crippen molar-refractivity contribution in [3.05, 3.63) is 29.8 Å². The Balaban J connectivity index is 1.58. The van der Waals surface area contributed by atoms with Crippen LogP contribution in [0.15, 0.2) is 23.0 Å². The van der Waals surface area contributed by atoms with Crippen LogP contribution in [0, 0.1) is 0 Å². The van der Waals surface area contributed by atoms with Gasteiger partial charge in [0.1, 0.15) is 5.76 Å². The second-order valence-corrected chi connectivity index (χ2v) is 7.83. The van der Waals surface area contributed by atoms with Crippen LogP contribution in [-0.2, 0) is 11.8 Å². The fourth-order valence-corrected chi connectivity index (χ4v) is 2.89. The molecule has 1 saturated heterocycles. The maximum absolute atomic E-state index is 12.6. The number of hydrogen-bond donors (Lipinski definition) is 1. The lowest BCUT2D eigenvalue weighted by Gasteiger charge is -2.22. The van der Waals surface area contributed by atoms with Gasteiger partial charge in [0.05, 0.1) is 0 Å².